The zero-order valence-corrected chi connectivity index (χ0v) is 6.70. The summed E-state index contributed by atoms with van der Waals surface area (Å²) in [5.74, 6) is 0.493. The molecule has 0 saturated heterocycles. The number of aldehydes is 1. The molecule has 1 fully saturated rings. The van der Waals surface area contributed by atoms with Crippen LogP contribution in [0.25, 0.3) is 0 Å². The minimum atomic E-state index is -0.883. The third kappa shape index (κ3) is 0.956. The molecule has 1 heterocycles. The Bertz CT molecular complexity index is 325. The SMILES string of the molecule is Cc1nc(C2(O)CC2)oc1C=O. The molecule has 2 rings (SSSR count). The molecular formula is C8H9NO3. The van der Waals surface area contributed by atoms with Crippen LogP contribution in [0.15, 0.2) is 4.42 Å². The molecule has 0 atom stereocenters. The van der Waals surface area contributed by atoms with Crippen LogP contribution in [0.2, 0.25) is 0 Å². The lowest BCUT2D eigenvalue weighted by molar-refractivity contribution is 0.104. The molecule has 0 spiro atoms. The van der Waals surface area contributed by atoms with Crippen LogP contribution in [-0.2, 0) is 5.60 Å². The van der Waals surface area contributed by atoms with Gasteiger partial charge in [-0.25, -0.2) is 4.98 Å². The Hall–Kier alpha value is -1.16. The minimum absolute atomic E-state index is 0.213. The minimum Gasteiger partial charge on any atom is -0.434 e. The summed E-state index contributed by atoms with van der Waals surface area (Å²) in [6, 6.07) is 0. The largest absolute Gasteiger partial charge is 0.434 e. The molecule has 0 unspecified atom stereocenters. The van der Waals surface area contributed by atoms with Gasteiger partial charge >= 0.3 is 0 Å². The molecule has 4 nitrogen and oxygen atoms in total. The number of aromatic nitrogens is 1. The molecule has 1 N–H and O–H groups in total. The molecule has 0 amide bonds. The van der Waals surface area contributed by atoms with E-state index in [1.807, 2.05) is 0 Å². The second kappa shape index (κ2) is 2.17. The van der Waals surface area contributed by atoms with Gasteiger partial charge in [-0.3, -0.25) is 4.79 Å². The lowest BCUT2D eigenvalue weighted by Gasteiger charge is -1.98. The highest BCUT2D eigenvalue weighted by Gasteiger charge is 2.47. The normalized spacial score (nSPS) is 19.2. The van der Waals surface area contributed by atoms with Crippen LogP contribution < -0.4 is 0 Å². The number of carbonyl (C=O) groups excluding carboxylic acids is 1. The first-order valence-corrected chi connectivity index (χ1v) is 3.81. The zero-order valence-electron chi connectivity index (χ0n) is 6.70. The summed E-state index contributed by atoms with van der Waals surface area (Å²) in [7, 11) is 0. The highest BCUT2D eigenvalue weighted by atomic mass is 16.4. The van der Waals surface area contributed by atoms with Gasteiger partial charge in [0.05, 0.1) is 5.69 Å². The summed E-state index contributed by atoms with van der Waals surface area (Å²) in [5.41, 5.74) is -0.341. The molecule has 12 heavy (non-hydrogen) atoms. The summed E-state index contributed by atoms with van der Waals surface area (Å²) in [6.07, 6.45) is 1.95. The molecule has 0 bridgehead atoms. The second-order valence-corrected chi connectivity index (χ2v) is 3.12. The van der Waals surface area contributed by atoms with E-state index in [2.05, 4.69) is 4.98 Å². The maximum absolute atomic E-state index is 10.4. The molecule has 0 aliphatic heterocycles. The monoisotopic (exact) mass is 167 g/mol. The van der Waals surface area contributed by atoms with Gasteiger partial charge < -0.3 is 9.52 Å². The number of carbonyl (C=O) groups is 1. The first kappa shape index (κ1) is 7.49. The van der Waals surface area contributed by atoms with Gasteiger partial charge in [0.1, 0.15) is 5.60 Å². The smallest absolute Gasteiger partial charge is 0.227 e. The third-order valence-electron chi connectivity index (χ3n) is 2.06. The highest BCUT2D eigenvalue weighted by Crippen LogP contribution is 2.44. The van der Waals surface area contributed by atoms with E-state index in [9.17, 15) is 9.90 Å². The lowest BCUT2D eigenvalue weighted by Crippen LogP contribution is -2.03. The third-order valence-corrected chi connectivity index (χ3v) is 2.06. The fraction of sp³-hybridized carbons (Fsp3) is 0.500. The van der Waals surface area contributed by atoms with Crippen molar-refractivity contribution in [2.45, 2.75) is 25.4 Å². The van der Waals surface area contributed by atoms with E-state index < -0.39 is 5.60 Å². The van der Waals surface area contributed by atoms with E-state index in [-0.39, 0.29) is 11.7 Å². The highest BCUT2D eigenvalue weighted by molar-refractivity contribution is 5.71. The van der Waals surface area contributed by atoms with Crippen molar-refractivity contribution >= 4 is 6.29 Å². The number of hydrogen-bond donors (Lipinski definition) is 1. The Morgan fingerprint density at radius 3 is 2.75 bits per heavy atom. The molecular weight excluding hydrogens is 158 g/mol. The van der Waals surface area contributed by atoms with Crippen LogP contribution in [-0.4, -0.2) is 16.4 Å². The van der Waals surface area contributed by atoms with E-state index in [1.54, 1.807) is 6.92 Å². The van der Waals surface area contributed by atoms with Crippen molar-refractivity contribution in [1.82, 2.24) is 4.98 Å². The fourth-order valence-corrected chi connectivity index (χ4v) is 1.05. The zero-order chi connectivity index (χ0) is 8.77. The Morgan fingerprint density at radius 2 is 2.33 bits per heavy atom. The maximum Gasteiger partial charge on any atom is 0.227 e. The summed E-state index contributed by atoms with van der Waals surface area (Å²) >= 11 is 0. The quantitative estimate of drug-likeness (QED) is 0.661. The summed E-state index contributed by atoms with van der Waals surface area (Å²) in [5, 5.41) is 9.56. The molecule has 1 aliphatic rings. The van der Waals surface area contributed by atoms with Crippen molar-refractivity contribution in [3.63, 3.8) is 0 Å². The lowest BCUT2D eigenvalue weighted by atomic mass is 10.3. The van der Waals surface area contributed by atoms with Gasteiger partial charge in [-0.1, -0.05) is 0 Å². The van der Waals surface area contributed by atoms with E-state index >= 15 is 0 Å². The second-order valence-electron chi connectivity index (χ2n) is 3.12. The van der Waals surface area contributed by atoms with Gasteiger partial charge in [-0.15, -0.1) is 0 Å². The number of oxazole rings is 1. The first-order valence-electron chi connectivity index (χ1n) is 3.81. The molecule has 1 aliphatic carbocycles. The molecule has 1 aromatic heterocycles. The van der Waals surface area contributed by atoms with Crippen molar-refractivity contribution in [1.29, 1.82) is 0 Å². The van der Waals surface area contributed by atoms with Crippen molar-refractivity contribution in [3.8, 4) is 0 Å². The Morgan fingerprint density at radius 1 is 1.67 bits per heavy atom. The Balaban J connectivity index is 2.40. The standard InChI is InChI=1S/C8H9NO3/c1-5-6(4-10)12-7(9-5)8(11)2-3-8/h4,11H,2-3H2,1H3. The van der Waals surface area contributed by atoms with E-state index in [1.165, 1.54) is 0 Å². The Kier molecular flexibility index (Phi) is 1.35. The van der Waals surface area contributed by atoms with Gasteiger partial charge in [0.25, 0.3) is 0 Å². The Labute approximate surface area is 69.2 Å². The molecule has 0 radical (unpaired) electrons. The average Bonchev–Trinajstić information content (AvgIpc) is 2.65. The number of nitrogens with zero attached hydrogens (tertiary/aromatic N) is 1. The first-order chi connectivity index (χ1) is 5.65. The van der Waals surface area contributed by atoms with Crippen LogP contribution in [0.5, 0.6) is 0 Å². The molecule has 1 saturated carbocycles. The van der Waals surface area contributed by atoms with Gasteiger partial charge in [-0.2, -0.15) is 0 Å². The predicted octanol–water partition coefficient (Wildman–Crippen LogP) is 0.777. The number of hydrogen-bond acceptors (Lipinski definition) is 4. The predicted molar refractivity (Wildman–Crippen MR) is 39.8 cm³/mol. The van der Waals surface area contributed by atoms with Crippen molar-refractivity contribution in [2.75, 3.05) is 0 Å². The molecule has 64 valence electrons. The van der Waals surface area contributed by atoms with E-state index in [4.69, 9.17) is 4.42 Å². The number of aryl methyl sites for hydroxylation is 1. The summed E-state index contributed by atoms with van der Waals surface area (Å²) < 4.78 is 5.06. The van der Waals surface area contributed by atoms with E-state index in [0.717, 1.165) is 0 Å². The maximum atomic E-state index is 10.4. The fourth-order valence-electron chi connectivity index (χ4n) is 1.05. The molecule has 4 heteroatoms. The van der Waals surface area contributed by atoms with Crippen molar-refractivity contribution in [3.05, 3.63) is 17.3 Å². The molecule has 1 aromatic rings. The van der Waals surface area contributed by atoms with Crippen LogP contribution in [0.4, 0.5) is 0 Å². The van der Waals surface area contributed by atoms with Crippen LogP contribution in [0.1, 0.15) is 35.0 Å². The van der Waals surface area contributed by atoms with E-state index in [0.29, 0.717) is 24.8 Å². The van der Waals surface area contributed by atoms with Gasteiger partial charge in [-0.05, 0) is 19.8 Å². The van der Waals surface area contributed by atoms with Crippen molar-refractivity contribution < 1.29 is 14.3 Å². The van der Waals surface area contributed by atoms with Gasteiger partial charge in [0.15, 0.2) is 12.0 Å². The topological polar surface area (TPSA) is 63.3 Å². The van der Waals surface area contributed by atoms with Crippen LogP contribution >= 0.6 is 0 Å². The van der Waals surface area contributed by atoms with Crippen LogP contribution in [0, 0.1) is 6.92 Å². The van der Waals surface area contributed by atoms with Gasteiger partial charge in [0.2, 0.25) is 5.89 Å². The van der Waals surface area contributed by atoms with Gasteiger partial charge in [0, 0.05) is 0 Å². The number of rotatable bonds is 2. The summed E-state index contributed by atoms with van der Waals surface area (Å²) in [6.45, 7) is 1.68. The molecule has 0 aromatic carbocycles. The van der Waals surface area contributed by atoms with Crippen LogP contribution in [0.3, 0.4) is 0 Å². The summed E-state index contributed by atoms with van der Waals surface area (Å²) in [4.78, 5) is 14.3. The number of aliphatic hydroxyl groups is 1. The van der Waals surface area contributed by atoms with Crippen molar-refractivity contribution in [2.24, 2.45) is 0 Å². The average molecular weight is 167 g/mol.